The molecule has 4 nitrogen and oxygen atoms in total. The molecule has 1 N–H and O–H groups in total. The Morgan fingerprint density at radius 2 is 1.87 bits per heavy atom. The maximum atomic E-state index is 9.31. The molecule has 0 atom stereocenters. The first-order valence-corrected chi connectivity index (χ1v) is 8.03. The summed E-state index contributed by atoms with van der Waals surface area (Å²) in [5, 5.41) is 16.6. The van der Waals surface area contributed by atoms with Crippen LogP contribution in [0.3, 0.4) is 0 Å². The zero-order valence-corrected chi connectivity index (χ0v) is 13.5. The predicted octanol–water partition coefficient (Wildman–Crippen LogP) is 4.80. The van der Waals surface area contributed by atoms with Crippen LogP contribution in [0, 0.1) is 11.3 Å². The molecular formula is C17H11ClN4S. The van der Waals surface area contributed by atoms with Crippen molar-refractivity contribution >= 4 is 34.3 Å². The van der Waals surface area contributed by atoms with Crippen molar-refractivity contribution in [3.8, 4) is 17.3 Å². The number of hydrogen-bond acceptors (Lipinski definition) is 5. The second-order valence-electron chi connectivity index (χ2n) is 4.59. The summed E-state index contributed by atoms with van der Waals surface area (Å²) in [6.45, 7) is 0. The molecule has 3 aromatic rings. The molecule has 23 heavy (non-hydrogen) atoms. The van der Waals surface area contributed by atoms with Gasteiger partial charge in [-0.05, 0) is 24.3 Å². The summed E-state index contributed by atoms with van der Waals surface area (Å²) in [7, 11) is 0. The van der Waals surface area contributed by atoms with Crippen LogP contribution in [0.15, 0.2) is 65.1 Å². The number of rotatable bonds is 4. The van der Waals surface area contributed by atoms with Gasteiger partial charge < -0.3 is 0 Å². The third-order valence-electron chi connectivity index (χ3n) is 3.02. The Kier molecular flexibility index (Phi) is 4.67. The lowest BCUT2D eigenvalue weighted by Gasteiger charge is -2.00. The van der Waals surface area contributed by atoms with Crippen LogP contribution >= 0.6 is 22.9 Å². The first-order valence-electron chi connectivity index (χ1n) is 6.77. The highest BCUT2D eigenvalue weighted by atomic mass is 35.5. The largest absolute Gasteiger partial charge is 0.277 e. The normalized spacial score (nSPS) is 11.0. The number of nitrogens with one attached hydrogen (secondary N) is 1. The zero-order valence-electron chi connectivity index (χ0n) is 11.9. The second kappa shape index (κ2) is 7.05. The number of nitrogens with zero attached hydrogens (tertiary/aromatic N) is 3. The lowest BCUT2D eigenvalue weighted by molar-refractivity contribution is 1.31. The first-order chi connectivity index (χ1) is 11.3. The van der Waals surface area contributed by atoms with Crippen molar-refractivity contribution in [2.24, 2.45) is 5.10 Å². The molecule has 1 aromatic heterocycles. The topological polar surface area (TPSA) is 61.1 Å². The minimum Gasteiger partial charge on any atom is -0.277 e. The third-order valence-corrected chi connectivity index (χ3v) is 4.12. The van der Waals surface area contributed by atoms with Crippen molar-refractivity contribution in [1.82, 2.24) is 4.98 Å². The summed E-state index contributed by atoms with van der Waals surface area (Å²) in [5.74, 6) is 0. The van der Waals surface area contributed by atoms with Gasteiger partial charge in [-0.3, -0.25) is 5.43 Å². The van der Waals surface area contributed by atoms with Crippen LogP contribution in [0.2, 0.25) is 5.02 Å². The van der Waals surface area contributed by atoms with Crippen molar-refractivity contribution < 1.29 is 0 Å². The van der Waals surface area contributed by atoms with Crippen LogP contribution in [0.4, 0.5) is 5.69 Å². The Morgan fingerprint density at radius 1 is 1.13 bits per heavy atom. The maximum Gasteiger partial charge on any atom is 0.196 e. The standard InChI is InChI=1S/C17H11ClN4S/c18-13-6-8-14(9-7-13)21-22-15(10-19)17-20-16(11-23-17)12-4-2-1-3-5-12/h1-9,11,21H. The number of nitriles is 1. The molecule has 0 bridgehead atoms. The van der Waals surface area contributed by atoms with Crippen LogP contribution in [-0.2, 0) is 0 Å². The minimum atomic E-state index is 0.243. The quantitative estimate of drug-likeness (QED) is 0.549. The molecule has 1 heterocycles. The van der Waals surface area contributed by atoms with Gasteiger partial charge in [0.15, 0.2) is 10.7 Å². The molecule has 0 aliphatic carbocycles. The Bertz CT molecular complexity index is 864. The molecule has 0 amide bonds. The molecule has 0 aliphatic rings. The second-order valence-corrected chi connectivity index (χ2v) is 5.89. The van der Waals surface area contributed by atoms with Gasteiger partial charge in [0.25, 0.3) is 0 Å². The van der Waals surface area contributed by atoms with E-state index in [1.165, 1.54) is 11.3 Å². The van der Waals surface area contributed by atoms with E-state index >= 15 is 0 Å². The molecule has 0 radical (unpaired) electrons. The Morgan fingerprint density at radius 3 is 2.57 bits per heavy atom. The highest BCUT2D eigenvalue weighted by molar-refractivity contribution is 7.12. The van der Waals surface area contributed by atoms with E-state index in [0.29, 0.717) is 10.0 Å². The van der Waals surface area contributed by atoms with Gasteiger partial charge in [-0.1, -0.05) is 41.9 Å². The predicted molar refractivity (Wildman–Crippen MR) is 94.8 cm³/mol. The van der Waals surface area contributed by atoms with Crippen LogP contribution in [-0.4, -0.2) is 10.7 Å². The Hall–Kier alpha value is -2.68. The summed E-state index contributed by atoms with van der Waals surface area (Å²) in [4.78, 5) is 4.48. The fourth-order valence-corrected chi connectivity index (χ4v) is 2.78. The molecule has 0 spiro atoms. The number of aromatic nitrogens is 1. The number of anilines is 1. The average Bonchev–Trinajstić information content (AvgIpc) is 3.08. The van der Waals surface area contributed by atoms with E-state index < -0.39 is 0 Å². The Labute approximate surface area is 142 Å². The van der Waals surface area contributed by atoms with Gasteiger partial charge in [-0.25, -0.2) is 4.98 Å². The zero-order chi connectivity index (χ0) is 16.1. The van der Waals surface area contributed by atoms with E-state index in [2.05, 4.69) is 21.6 Å². The highest BCUT2D eigenvalue weighted by Crippen LogP contribution is 2.22. The number of benzene rings is 2. The first kappa shape index (κ1) is 15.2. The van der Waals surface area contributed by atoms with Crippen molar-refractivity contribution in [1.29, 1.82) is 5.26 Å². The smallest absolute Gasteiger partial charge is 0.196 e. The maximum absolute atomic E-state index is 9.31. The van der Waals surface area contributed by atoms with Gasteiger partial charge in [0.2, 0.25) is 0 Å². The van der Waals surface area contributed by atoms with Gasteiger partial charge in [-0.15, -0.1) is 11.3 Å². The van der Waals surface area contributed by atoms with E-state index in [0.717, 1.165) is 16.9 Å². The summed E-state index contributed by atoms with van der Waals surface area (Å²) in [6.07, 6.45) is 0. The molecule has 0 fully saturated rings. The van der Waals surface area contributed by atoms with E-state index in [1.807, 2.05) is 35.7 Å². The third kappa shape index (κ3) is 3.75. The SMILES string of the molecule is N#CC(=NNc1ccc(Cl)cc1)c1nc(-c2ccccc2)cs1. The monoisotopic (exact) mass is 338 g/mol. The summed E-state index contributed by atoms with van der Waals surface area (Å²) >= 11 is 7.22. The fourth-order valence-electron chi connectivity index (χ4n) is 1.89. The van der Waals surface area contributed by atoms with Crippen molar-refractivity contribution in [2.75, 3.05) is 5.43 Å². The molecule has 0 aliphatic heterocycles. The van der Waals surface area contributed by atoms with E-state index in [4.69, 9.17) is 11.6 Å². The van der Waals surface area contributed by atoms with Crippen LogP contribution in [0.5, 0.6) is 0 Å². The summed E-state index contributed by atoms with van der Waals surface area (Å²) < 4.78 is 0. The van der Waals surface area contributed by atoms with Crippen molar-refractivity contribution in [3.63, 3.8) is 0 Å². The van der Waals surface area contributed by atoms with E-state index in [-0.39, 0.29) is 5.71 Å². The number of hydrazone groups is 1. The van der Waals surface area contributed by atoms with E-state index in [1.54, 1.807) is 24.3 Å². The van der Waals surface area contributed by atoms with E-state index in [9.17, 15) is 5.26 Å². The molecule has 2 aromatic carbocycles. The van der Waals surface area contributed by atoms with Crippen molar-refractivity contribution in [2.45, 2.75) is 0 Å². The molecule has 112 valence electrons. The Balaban J connectivity index is 1.81. The summed E-state index contributed by atoms with van der Waals surface area (Å²) in [6, 6.07) is 19.0. The summed E-state index contributed by atoms with van der Waals surface area (Å²) in [5.41, 5.74) is 5.68. The highest BCUT2D eigenvalue weighted by Gasteiger charge is 2.10. The van der Waals surface area contributed by atoms with Gasteiger partial charge in [0.1, 0.15) is 6.07 Å². The average molecular weight is 339 g/mol. The molecule has 0 saturated heterocycles. The lowest BCUT2D eigenvalue weighted by atomic mass is 10.2. The van der Waals surface area contributed by atoms with Gasteiger partial charge in [-0.2, -0.15) is 10.4 Å². The minimum absolute atomic E-state index is 0.243. The number of halogens is 1. The van der Waals surface area contributed by atoms with Crippen molar-refractivity contribution in [3.05, 3.63) is 70.0 Å². The number of thiazole rings is 1. The molecule has 0 saturated carbocycles. The van der Waals surface area contributed by atoms with Gasteiger partial charge >= 0.3 is 0 Å². The number of hydrogen-bond donors (Lipinski definition) is 1. The van der Waals surface area contributed by atoms with Crippen LogP contribution < -0.4 is 5.43 Å². The molecule has 3 rings (SSSR count). The molecular weight excluding hydrogens is 328 g/mol. The molecule has 0 unspecified atom stereocenters. The fraction of sp³-hybridized carbons (Fsp3) is 0. The lowest BCUT2D eigenvalue weighted by Crippen LogP contribution is -2.01. The van der Waals surface area contributed by atoms with Crippen LogP contribution in [0.1, 0.15) is 5.01 Å². The molecule has 6 heteroatoms. The van der Waals surface area contributed by atoms with Gasteiger partial charge in [0.05, 0.1) is 11.4 Å². The van der Waals surface area contributed by atoms with Crippen LogP contribution in [0.25, 0.3) is 11.3 Å². The van der Waals surface area contributed by atoms with Gasteiger partial charge in [0, 0.05) is 16.0 Å².